The topological polar surface area (TPSA) is 102 Å². The highest BCUT2D eigenvalue weighted by Gasteiger charge is 2.03. The highest BCUT2D eigenvalue weighted by atomic mass is 127. The van der Waals surface area contributed by atoms with Crippen LogP contribution in [-0.4, -0.2) is 51.7 Å². The number of pyridine rings is 2. The maximum absolute atomic E-state index is 9.96. The summed E-state index contributed by atoms with van der Waals surface area (Å²) in [5.74, 6) is 1.22. The standard InChI is InChI=1S/C7H6IN3O.C7H7N3O.CH3F/c1-12-6-2-4-5(3-9-6)10-11-7(4)8;1-11-7-2-5-3-9-10-6(5)4-8-7;1-2/h2-3H,1H3,(H,10,11);2-4H,1H3,(H,9,10);1H3/i;;1D. The second kappa shape index (κ2) is 9.11. The van der Waals surface area contributed by atoms with Gasteiger partial charge in [-0.15, -0.1) is 0 Å². The fraction of sp³-hybridized carbons (Fsp3) is 0.200. The molecule has 0 aliphatic heterocycles. The Balaban J connectivity index is 0.000000163. The van der Waals surface area contributed by atoms with E-state index in [-0.39, 0.29) is 0 Å². The summed E-state index contributed by atoms with van der Waals surface area (Å²) in [6.07, 6.45) is 5.12. The number of nitrogens with one attached hydrogen (secondary N) is 2. The van der Waals surface area contributed by atoms with Crippen molar-refractivity contribution >= 4 is 44.4 Å². The van der Waals surface area contributed by atoms with E-state index in [1.165, 1.54) is 0 Å². The molecule has 25 heavy (non-hydrogen) atoms. The van der Waals surface area contributed by atoms with Gasteiger partial charge in [0.25, 0.3) is 0 Å². The Labute approximate surface area is 157 Å². The first-order valence-corrected chi connectivity index (χ1v) is 7.92. The van der Waals surface area contributed by atoms with Crippen LogP contribution in [0.4, 0.5) is 4.39 Å². The van der Waals surface area contributed by atoms with Crippen molar-refractivity contribution < 1.29 is 15.2 Å². The minimum absolute atomic E-state index is 0.610. The lowest BCUT2D eigenvalue weighted by atomic mass is 10.3. The maximum atomic E-state index is 9.96. The number of alkyl halides is 1. The van der Waals surface area contributed by atoms with Gasteiger partial charge in [-0.3, -0.25) is 14.6 Å². The quantitative estimate of drug-likeness (QED) is 0.447. The molecule has 0 atom stereocenters. The summed E-state index contributed by atoms with van der Waals surface area (Å²) in [5.41, 5.74) is 1.78. The highest BCUT2D eigenvalue weighted by molar-refractivity contribution is 14.1. The van der Waals surface area contributed by atoms with E-state index in [4.69, 9.17) is 10.8 Å². The molecule has 0 radical (unpaired) electrons. The van der Waals surface area contributed by atoms with Crippen LogP contribution >= 0.6 is 22.6 Å². The van der Waals surface area contributed by atoms with E-state index in [9.17, 15) is 4.39 Å². The molecular formula is C15H16FIN6O2. The Bertz CT molecular complexity index is 964. The third-order valence-corrected chi connectivity index (χ3v) is 3.91. The van der Waals surface area contributed by atoms with Gasteiger partial charge in [0.15, 0.2) is 0 Å². The first-order valence-electron chi connectivity index (χ1n) is 7.55. The number of aromatic amines is 2. The number of hydrogen-bond acceptors (Lipinski definition) is 6. The van der Waals surface area contributed by atoms with Crippen LogP contribution in [0.5, 0.6) is 11.8 Å². The maximum Gasteiger partial charge on any atom is 0.213 e. The molecule has 0 bridgehead atoms. The molecule has 4 heterocycles. The van der Waals surface area contributed by atoms with Crippen LogP contribution in [0.15, 0.2) is 30.7 Å². The van der Waals surface area contributed by atoms with Crippen LogP contribution in [0, 0.1) is 3.70 Å². The molecule has 0 saturated carbocycles. The van der Waals surface area contributed by atoms with Crippen molar-refractivity contribution in [3.63, 3.8) is 0 Å². The average Bonchev–Trinajstić information content (AvgIpc) is 3.28. The van der Waals surface area contributed by atoms with Gasteiger partial charge in [-0.2, -0.15) is 10.2 Å². The molecule has 132 valence electrons. The van der Waals surface area contributed by atoms with Crippen molar-refractivity contribution in [1.29, 1.82) is 0 Å². The molecule has 0 saturated heterocycles. The molecule has 0 aromatic carbocycles. The minimum atomic E-state index is -1.00. The van der Waals surface area contributed by atoms with Crippen molar-refractivity contribution in [3.05, 3.63) is 34.4 Å². The number of methoxy groups -OCH3 is 2. The first kappa shape index (κ1) is 17.3. The number of aromatic nitrogens is 6. The summed E-state index contributed by atoms with van der Waals surface area (Å²) in [5, 5.41) is 15.6. The minimum Gasteiger partial charge on any atom is -0.481 e. The zero-order valence-corrected chi connectivity index (χ0v) is 15.6. The second-order valence-electron chi connectivity index (χ2n) is 4.47. The van der Waals surface area contributed by atoms with E-state index >= 15 is 0 Å². The number of hydrogen-bond donors (Lipinski definition) is 2. The number of fused-ring (bicyclic) bond motifs is 2. The fourth-order valence-electron chi connectivity index (χ4n) is 1.91. The summed E-state index contributed by atoms with van der Waals surface area (Å²) >= 11 is 2.18. The number of H-pyrrole nitrogens is 2. The molecule has 8 nitrogen and oxygen atoms in total. The molecule has 2 N–H and O–H groups in total. The van der Waals surface area contributed by atoms with E-state index < -0.39 is 7.15 Å². The molecule has 0 amide bonds. The fourth-order valence-corrected chi connectivity index (χ4v) is 2.46. The van der Waals surface area contributed by atoms with Gasteiger partial charge in [-0.25, -0.2) is 9.97 Å². The molecule has 0 unspecified atom stereocenters. The van der Waals surface area contributed by atoms with Gasteiger partial charge in [0.2, 0.25) is 11.8 Å². The Morgan fingerprint density at radius 3 is 2.48 bits per heavy atom. The van der Waals surface area contributed by atoms with Crippen LogP contribution in [0.2, 0.25) is 0 Å². The third-order valence-electron chi connectivity index (χ3n) is 3.09. The summed E-state index contributed by atoms with van der Waals surface area (Å²) in [4.78, 5) is 8.03. The molecule has 10 heteroatoms. The first-order chi connectivity index (χ1) is 12.6. The summed E-state index contributed by atoms with van der Waals surface area (Å²) < 4.78 is 26.4. The Morgan fingerprint density at radius 2 is 1.76 bits per heavy atom. The van der Waals surface area contributed by atoms with E-state index in [1.54, 1.807) is 32.8 Å². The molecule has 0 spiro atoms. The predicted octanol–water partition coefficient (Wildman–Crippen LogP) is 3.12. The zero-order valence-electron chi connectivity index (χ0n) is 14.5. The van der Waals surface area contributed by atoms with Gasteiger partial charge >= 0.3 is 0 Å². The van der Waals surface area contributed by atoms with Crippen LogP contribution in [0.25, 0.3) is 21.8 Å². The third kappa shape index (κ3) is 4.53. The second-order valence-corrected chi connectivity index (χ2v) is 5.54. The normalized spacial score (nSPS) is 10.3. The monoisotopic (exact) mass is 459 g/mol. The number of ether oxygens (including phenoxy) is 2. The molecule has 0 aliphatic rings. The van der Waals surface area contributed by atoms with E-state index in [1.807, 2.05) is 12.1 Å². The molecule has 4 rings (SSSR count). The smallest absolute Gasteiger partial charge is 0.213 e. The van der Waals surface area contributed by atoms with Gasteiger partial charge in [0, 0.05) is 22.9 Å². The summed E-state index contributed by atoms with van der Waals surface area (Å²) in [6.45, 7) is 0. The average molecular weight is 459 g/mol. The highest BCUT2D eigenvalue weighted by Crippen LogP contribution is 2.20. The van der Waals surface area contributed by atoms with Crippen molar-refractivity contribution in [3.8, 4) is 11.8 Å². The van der Waals surface area contributed by atoms with Gasteiger partial charge in [0.05, 0.1) is 46.9 Å². The van der Waals surface area contributed by atoms with Gasteiger partial charge < -0.3 is 9.47 Å². The van der Waals surface area contributed by atoms with Gasteiger partial charge in [-0.1, -0.05) is 0 Å². The van der Waals surface area contributed by atoms with E-state index in [2.05, 4.69) is 53.0 Å². The Hall–Kier alpha value is -2.50. The van der Waals surface area contributed by atoms with Crippen LogP contribution in [0.3, 0.4) is 0 Å². The number of halogens is 2. The van der Waals surface area contributed by atoms with Crippen LogP contribution < -0.4 is 9.47 Å². The lowest BCUT2D eigenvalue weighted by Crippen LogP contribution is -1.85. The molecule has 4 aromatic heterocycles. The van der Waals surface area contributed by atoms with Crippen LogP contribution in [0.1, 0.15) is 1.37 Å². The van der Waals surface area contributed by atoms with Gasteiger partial charge in [0.1, 0.15) is 9.22 Å². The zero-order chi connectivity index (χ0) is 18.9. The lowest BCUT2D eigenvalue weighted by molar-refractivity contribution is 0.398. The van der Waals surface area contributed by atoms with Crippen LogP contribution in [-0.2, 0) is 0 Å². The molecular weight excluding hydrogens is 442 g/mol. The SMILES string of the molecule is COc1cc2c(I)[nH]nc2cn1.COc1cc2cn[nH]c2cn1.[2H]CF. The number of nitrogens with zero attached hydrogens (tertiary/aromatic N) is 4. The summed E-state index contributed by atoms with van der Waals surface area (Å²) in [6, 6.07) is 3.69. The molecule has 0 fully saturated rings. The van der Waals surface area contributed by atoms with Crippen molar-refractivity contribution in [2.75, 3.05) is 21.4 Å². The largest absolute Gasteiger partial charge is 0.481 e. The Kier molecular flexibility index (Phi) is 6.31. The predicted molar refractivity (Wildman–Crippen MR) is 101 cm³/mol. The van der Waals surface area contributed by atoms with E-state index in [0.29, 0.717) is 11.8 Å². The summed E-state index contributed by atoms with van der Waals surface area (Å²) in [7, 11) is 2.19. The van der Waals surface area contributed by atoms with Crippen molar-refractivity contribution in [1.82, 2.24) is 30.4 Å². The molecule has 4 aromatic rings. The number of rotatable bonds is 2. The van der Waals surface area contributed by atoms with Gasteiger partial charge in [-0.05, 0) is 22.6 Å². The van der Waals surface area contributed by atoms with E-state index in [0.717, 1.165) is 25.5 Å². The Morgan fingerprint density at radius 1 is 1.08 bits per heavy atom. The lowest BCUT2D eigenvalue weighted by Gasteiger charge is -1.95. The van der Waals surface area contributed by atoms with Crippen molar-refractivity contribution in [2.45, 2.75) is 0 Å². The van der Waals surface area contributed by atoms with Crippen molar-refractivity contribution in [2.24, 2.45) is 0 Å². The molecule has 0 aliphatic carbocycles.